The Bertz CT molecular complexity index is 878. The summed E-state index contributed by atoms with van der Waals surface area (Å²) in [5.41, 5.74) is 2.54. The molecule has 0 unspecified atom stereocenters. The van der Waals surface area contributed by atoms with Crippen LogP contribution in [0.1, 0.15) is 15.9 Å². The van der Waals surface area contributed by atoms with Crippen molar-refractivity contribution in [2.24, 2.45) is 0 Å². The molecule has 1 aromatic heterocycles. The van der Waals surface area contributed by atoms with E-state index >= 15 is 0 Å². The summed E-state index contributed by atoms with van der Waals surface area (Å²) >= 11 is 0. The molecule has 0 radical (unpaired) electrons. The summed E-state index contributed by atoms with van der Waals surface area (Å²) in [4.78, 5) is 12.3. The largest absolute Gasteiger partial charge is 0.493 e. The predicted molar refractivity (Wildman–Crippen MR) is 98.7 cm³/mol. The summed E-state index contributed by atoms with van der Waals surface area (Å²) in [5, 5.41) is 0. The third-order valence-corrected chi connectivity index (χ3v) is 3.89. The molecule has 0 aliphatic heterocycles. The summed E-state index contributed by atoms with van der Waals surface area (Å²) in [6, 6.07) is 17.0. The molecule has 0 saturated carbocycles. The Morgan fingerprint density at radius 3 is 2.24 bits per heavy atom. The second kappa shape index (κ2) is 7.53. The van der Waals surface area contributed by atoms with Crippen LogP contribution in [-0.4, -0.2) is 24.6 Å². The third kappa shape index (κ3) is 3.80. The smallest absolute Gasteiger partial charge is 0.185 e. The number of aromatic nitrogens is 1. The Morgan fingerprint density at radius 1 is 0.920 bits per heavy atom. The Morgan fingerprint density at radius 2 is 1.60 bits per heavy atom. The van der Waals surface area contributed by atoms with Gasteiger partial charge in [-0.25, -0.2) is 0 Å². The van der Waals surface area contributed by atoms with E-state index in [-0.39, 0.29) is 5.78 Å². The van der Waals surface area contributed by atoms with Crippen molar-refractivity contribution in [3.8, 4) is 17.2 Å². The molecule has 3 rings (SSSR count). The fourth-order valence-electron chi connectivity index (χ4n) is 2.53. The van der Waals surface area contributed by atoms with Crippen LogP contribution in [0, 0.1) is 0 Å². The van der Waals surface area contributed by atoms with E-state index in [0.717, 1.165) is 11.3 Å². The number of carbonyl (C=O) groups excluding carboxylic acids is 1. The van der Waals surface area contributed by atoms with Crippen molar-refractivity contribution in [1.29, 1.82) is 0 Å². The number of hydrogen-bond acceptors (Lipinski definition) is 3. The fourth-order valence-corrected chi connectivity index (χ4v) is 2.53. The number of nitrogens with zero attached hydrogens (tertiary/aromatic N) is 1. The van der Waals surface area contributed by atoms with Gasteiger partial charge in [-0.3, -0.25) is 4.79 Å². The highest BCUT2D eigenvalue weighted by Gasteiger charge is 2.05. The normalized spacial score (nSPS) is 10.8. The van der Waals surface area contributed by atoms with E-state index < -0.39 is 0 Å². The van der Waals surface area contributed by atoms with Crippen LogP contribution in [0.25, 0.3) is 11.8 Å². The van der Waals surface area contributed by atoms with Gasteiger partial charge in [-0.05, 0) is 60.2 Å². The maximum absolute atomic E-state index is 12.3. The molecule has 0 aliphatic carbocycles. The van der Waals surface area contributed by atoms with Crippen LogP contribution in [0.3, 0.4) is 0 Å². The van der Waals surface area contributed by atoms with Gasteiger partial charge in [-0.1, -0.05) is 12.1 Å². The van der Waals surface area contributed by atoms with Gasteiger partial charge in [0.05, 0.1) is 14.2 Å². The number of methoxy groups -OCH3 is 2. The standard InChI is InChI=1S/C21H19NO3/c1-24-20-12-6-16(15-21(20)25-2)5-11-19(23)17-7-9-18(10-8-17)22-13-3-4-14-22/h3-15H,1-2H3. The first kappa shape index (κ1) is 16.6. The van der Waals surface area contributed by atoms with Gasteiger partial charge in [-0.15, -0.1) is 0 Å². The van der Waals surface area contributed by atoms with Crippen LogP contribution in [0.4, 0.5) is 0 Å². The van der Waals surface area contributed by atoms with Crippen LogP contribution < -0.4 is 9.47 Å². The second-order valence-corrected chi connectivity index (χ2v) is 5.45. The van der Waals surface area contributed by atoms with Gasteiger partial charge in [0, 0.05) is 23.6 Å². The van der Waals surface area contributed by atoms with Gasteiger partial charge in [0.2, 0.25) is 0 Å². The van der Waals surface area contributed by atoms with Crippen molar-refractivity contribution in [1.82, 2.24) is 4.57 Å². The van der Waals surface area contributed by atoms with E-state index in [4.69, 9.17) is 9.47 Å². The van der Waals surface area contributed by atoms with E-state index in [1.807, 2.05) is 71.6 Å². The molecule has 25 heavy (non-hydrogen) atoms. The topological polar surface area (TPSA) is 40.5 Å². The zero-order chi connectivity index (χ0) is 17.6. The van der Waals surface area contributed by atoms with Crippen LogP contribution in [0.5, 0.6) is 11.5 Å². The first-order valence-electron chi connectivity index (χ1n) is 7.89. The van der Waals surface area contributed by atoms with E-state index in [9.17, 15) is 4.79 Å². The highest BCUT2D eigenvalue weighted by atomic mass is 16.5. The number of benzene rings is 2. The summed E-state index contributed by atoms with van der Waals surface area (Å²) < 4.78 is 12.5. The van der Waals surface area contributed by atoms with E-state index in [1.165, 1.54) is 0 Å². The van der Waals surface area contributed by atoms with Gasteiger partial charge < -0.3 is 14.0 Å². The lowest BCUT2D eigenvalue weighted by Crippen LogP contribution is -1.96. The molecule has 0 aliphatic rings. The van der Waals surface area contributed by atoms with Crippen LogP contribution in [0.2, 0.25) is 0 Å². The lowest BCUT2D eigenvalue weighted by molar-refractivity contribution is 0.104. The predicted octanol–water partition coefficient (Wildman–Crippen LogP) is 4.39. The first-order chi connectivity index (χ1) is 12.2. The van der Waals surface area contributed by atoms with E-state index in [1.54, 1.807) is 26.4 Å². The minimum absolute atomic E-state index is 0.0474. The highest BCUT2D eigenvalue weighted by molar-refractivity contribution is 6.06. The van der Waals surface area contributed by atoms with Crippen molar-refractivity contribution < 1.29 is 14.3 Å². The lowest BCUT2D eigenvalue weighted by Gasteiger charge is -2.07. The number of hydrogen-bond donors (Lipinski definition) is 0. The molecular formula is C21H19NO3. The van der Waals surface area contributed by atoms with Crippen molar-refractivity contribution in [3.63, 3.8) is 0 Å². The van der Waals surface area contributed by atoms with Crippen molar-refractivity contribution in [2.45, 2.75) is 0 Å². The van der Waals surface area contributed by atoms with Crippen molar-refractivity contribution in [3.05, 3.63) is 84.2 Å². The lowest BCUT2D eigenvalue weighted by atomic mass is 10.1. The monoisotopic (exact) mass is 333 g/mol. The molecule has 0 saturated heterocycles. The van der Waals surface area contributed by atoms with E-state index in [2.05, 4.69) is 0 Å². The van der Waals surface area contributed by atoms with Crippen LogP contribution >= 0.6 is 0 Å². The number of allylic oxidation sites excluding steroid dienone is 1. The van der Waals surface area contributed by atoms with E-state index in [0.29, 0.717) is 17.1 Å². The molecule has 0 spiro atoms. The summed E-state index contributed by atoms with van der Waals surface area (Å²) in [6.45, 7) is 0. The summed E-state index contributed by atoms with van der Waals surface area (Å²) in [7, 11) is 3.18. The molecule has 1 heterocycles. The number of ketones is 1. The number of rotatable bonds is 6. The maximum Gasteiger partial charge on any atom is 0.185 e. The molecule has 0 amide bonds. The molecule has 4 heteroatoms. The Hall–Kier alpha value is -3.27. The molecule has 4 nitrogen and oxygen atoms in total. The van der Waals surface area contributed by atoms with Crippen molar-refractivity contribution >= 4 is 11.9 Å². The Kier molecular flexibility index (Phi) is 5.00. The van der Waals surface area contributed by atoms with Crippen LogP contribution in [0.15, 0.2) is 73.1 Å². The van der Waals surface area contributed by atoms with Gasteiger partial charge in [0.25, 0.3) is 0 Å². The highest BCUT2D eigenvalue weighted by Crippen LogP contribution is 2.28. The fraction of sp³-hybridized carbons (Fsp3) is 0.0952. The number of carbonyl (C=O) groups is 1. The minimum Gasteiger partial charge on any atom is -0.493 e. The molecule has 2 aromatic carbocycles. The van der Waals surface area contributed by atoms with Gasteiger partial charge in [0.1, 0.15) is 0 Å². The Labute approximate surface area is 146 Å². The summed E-state index contributed by atoms with van der Waals surface area (Å²) in [5.74, 6) is 1.24. The summed E-state index contributed by atoms with van der Waals surface area (Å²) in [6.07, 6.45) is 7.26. The third-order valence-electron chi connectivity index (χ3n) is 3.89. The van der Waals surface area contributed by atoms with Crippen LogP contribution in [-0.2, 0) is 0 Å². The van der Waals surface area contributed by atoms with Gasteiger partial charge in [-0.2, -0.15) is 0 Å². The van der Waals surface area contributed by atoms with Gasteiger partial charge >= 0.3 is 0 Å². The van der Waals surface area contributed by atoms with Gasteiger partial charge in [0.15, 0.2) is 17.3 Å². The molecule has 0 N–H and O–H groups in total. The molecule has 0 fully saturated rings. The maximum atomic E-state index is 12.3. The molecule has 0 bridgehead atoms. The second-order valence-electron chi connectivity index (χ2n) is 5.45. The average molecular weight is 333 g/mol. The quantitative estimate of drug-likeness (QED) is 0.496. The van der Waals surface area contributed by atoms with Crippen molar-refractivity contribution in [2.75, 3.05) is 14.2 Å². The molecule has 0 atom stereocenters. The zero-order valence-electron chi connectivity index (χ0n) is 14.2. The molecular weight excluding hydrogens is 314 g/mol. The molecule has 126 valence electrons. The zero-order valence-corrected chi connectivity index (χ0v) is 14.2. The SMILES string of the molecule is COc1ccc(C=CC(=O)c2ccc(-n3cccc3)cc2)cc1OC. The average Bonchev–Trinajstić information content (AvgIpc) is 3.20. The molecule has 3 aromatic rings. The minimum atomic E-state index is -0.0474. The first-order valence-corrected chi connectivity index (χ1v) is 7.89. The number of ether oxygens (including phenoxy) is 2. The Balaban J connectivity index is 1.74.